The monoisotopic (exact) mass is 287 g/mol. The number of hydrogen-bond acceptors (Lipinski definition) is 3. The second kappa shape index (κ2) is 5.39. The van der Waals surface area contributed by atoms with Crippen LogP contribution in [0.4, 0.5) is 0 Å². The van der Waals surface area contributed by atoms with Gasteiger partial charge in [0.05, 0.1) is 6.54 Å². The zero-order valence-corrected chi connectivity index (χ0v) is 12.5. The summed E-state index contributed by atoms with van der Waals surface area (Å²) in [7, 11) is 0. The summed E-state index contributed by atoms with van der Waals surface area (Å²) >= 11 is 0. The Morgan fingerprint density at radius 3 is 3.05 bits per heavy atom. The Bertz CT molecular complexity index is 613. The number of hydrogen-bond donors (Lipinski definition) is 1. The lowest BCUT2D eigenvalue weighted by molar-refractivity contribution is 0.0906. The van der Waals surface area contributed by atoms with Crippen molar-refractivity contribution >= 4 is 5.91 Å². The molecule has 1 atom stereocenters. The lowest BCUT2D eigenvalue weighted by atomic mass is 9.92. The van der Waals surface area contributed by atoms with Crippen molar-refractivity contribution in [2.24, 2.45) is 5.41 Å². The molecule has 1 unspecified atom stereocenters. The van der Waals surface area contributed by atoms with Crippen molar-refractivity contribution in [3.05, 3.63) is 42.1 Å². The molecule has 2 heterocycles. The molecule has 2 aromatic heterocycles. The highest BCUT2D eigenvalue weighted by Gasteiger charge is 2.32. The van der Waals surface area contributed by atoms with Crippen LogP contribution in [0.3, 0.4) is 0 Å². The van der Waals surface area contributed by atoms with Crippen molar-refractivity contribution in [2.75, 3.05) is 0 Å². The van der Waals surface area contributed by atoms with Crippen molar-refractivity contribution in [1.82, 2.24) is 15.1 Å². The first-order chi connectivity index (χ1) is 10.0. The van der Waals surface area contributed by atoms with Crippen LogP contribution < -0.4 is 5.32 Å². The van der Waals surface area contributed by atoms with Crippen LogP contribution in [0.2, 0.25) is 0 Å². The summed E-state index contributed by atoms with van der Waals surface area (Å²) in [5.41, 5.74) is 0.326. The van der Waals surface area contributed by atoms with Crippen LogP contribution in [0.15, 0.2) is 35.0 Å². The molecule has 0 saturated heterocycles. The predicted molar refractivity (Wildman–Crippen MR) is 78.9 cm³/mol. The third-order valence-corrected chi connectivity index (χ3v) is 4.07. The highest BCUT2D eigenvalue weighted by atomic mass is 16.4. The maximum Gasteiger partial charge on any atom is 0.287 e. The highest BCUT2D eigenvalue weighted by Crippen LogP contribution is 2.36. The largest absolute Gasteiger partial charge is 0.454 e. The summed E-state index contributed by atoms with van der Waals surface area (Å²) in [5.74, 6) is 0.988. The first-order valence-corrected chi connectivity index (χ1v) is 7.39. The molecule has 1 saturated carbocycles. The van der Waals surface area contributed by atoms with Gasteiger partial charge in [-0.2, -0.15) is 5.10 Å². The van der Waals surface area contributed by atoms with E-state index in [-0.39, 0.29) is 11.9 Å². The van der Waals surface area contributed by atoms with Crippen molar-refractivity contribution < 1.29 is 9.21 Å². The first kappa shape index (κ1) is 13.9. The maximum atomic E-state index is 12.2. The molecule has 2 aromatic rings. The second-order valence-electron chi connectivity index (χ2n) is 6.55. The molecular weight excluding hydrogens is 266 g/mol. The van der Waals surface area contributed by atoms with Gasteiger partial charge in [-0.15, -0.1) is 0 Å². The zero-order valence-electron chi connectivity index (χ0n) is 12.5. The van der Waals surface area contributed by atoms with Crippen LogP contribution in [0.25, 0.3) is 0 Å². The second-order valence-corrected chi connectivity index (χ2v) is 6.55. The van der Waals surface area contributed by atoms with Crippen molar-refractivity contribution in [1.29, 1.82) is 0 Å². The number of nitrogens with one attached hydrogen (secondary N) is 1. The fraction of sp³-hybridized carbons (Fsp3) is 0.500. The first-order valence-electron chi connectivity index (χ1n) is 7.39. The Morgan fingerprint density at radius 1 is 1.52 bits per heavy atom. The molecule has 1 aliphatic carbocycles. The maximum absolute atomic E-state index is 12.2. The summed E-state index contributed by atoms with van der Waals surface area (Å²) < 4.78 is 7.37. The van der Waals surface area contributed by atoms with E-state index < -0.39 is 0 Å². The molecule has 0 aliphatic heterocycles. The average molecular weight is 287 g/mol. The van der Waals surface area contributed by atoms with E-state index in [1.807, 2.05) is 18.3 Å². The smallest absolute Gasteiger partial charge is 0.287 e. The Hall–Kier alpha value is -2.04. The standard InChI is InChI=1S/C16H21N3O2/c1-16(2)7-6-12(10-16)18-15(20)14-5-4-13(21-14)11-19-9-3-8-17-19/h3-5,8-9,12H,6-7,10-11H2,1-2H3,(H,18,20). The van der Waals surface area contributed by atoms with Crippen LogP contribution in [0.5, 0.6) is 0 Å². The SMILES string of the molecule is CC1(C)CCC(NC(=O)c2ccc(Cn3cccn3)o2)C1. The number of amides is 1. The average Bonchev–Trinajstić information content (AvgIpc) is 3.12. The molecule has 1 fully saturated rings. The van der Waals surface area contributed by atoms with Crippen molar-refractivity contribution in [3.8, 4) is 0 Å². The van der Waals surface area contributed by atoms with E-state index in [4.69, 9.17) is 4.42 Å². The molecule has 0 spiro atoms. The van der Waals surface area contributed by atoms with Gasteiger partial charge in [0.15, 0.2) is 5.76 Å². The van der Waals surface area contributed by atoms with Gasteiger partial charge in [-0.1, -0.05) is 13.8 Å². The molecule has 0 aromatic carbocycles. The number of rotatable bonds is 4. The number of carbonyl (C=O) groups excluding carboxylic acids is 1. The molecule has 0 bridgehead atoms. The lowest BCUT2D eigenvalue weighted by Gasteiger charge is -2.17. The van der Waals surface area contributed by atoms with E-state index in [1.54, 1.807) is 16.9 Å². The molecular formula is C16H21N3O2. The molecule has 1 amide bonds. The van der Waals surface area contributed by atoms with Gasteiger partial charge in [-0.25, -0.2) is 0 Å². The van der Waals surface area contributed by atoms with E-state index in [9.17, 15) is 4.79 Å². The predicted octanol–water partition coefficient (Wildman–Crippen LogP) is 2.83. The number of furan rings is 1. The van der Waals surface area contributed by atoms with Gasteiger partial charge in [-0.3, -0.25) is 9.48 Å². The quantitative estimate of drug-likeness (QED) is 0.940. The Balaban J connectivity index is 1.59. The number of carbonyl (C=O) groups is 1. The van der Waals surface area contributed by atoms with Crippen LogP contribution in [-0.4, -0.2) is 21.7 Å². The lowest BCUT2D eigenvalue weighted by Crippen LogP contribution is -2.33. The Labute approximate surface area is 124 Å². The van der Waals surface area contributed by atoms with E-state index in [0.29, 0.717) is 17.7 Å². The van der Waals surface area contributed by atoms with Gasteiger partial charge in [-0.05, 0) is 42.9 Å². The summed E-state index contributed by atoms with van der Waals surface area (Å²) in [6, 6.07) is 5.68. The minimum Gasteiger partial charge on any atom is -0.454 e. The topological polar surface area (TPSA) is 60.1 Å². The molecule has 112 valence electrons. The molecule has 21 heavy (non-hydrogen) atoms. The summed E-state index contributed by atoms with van der Waals surface area (Å²) in [6.45, 7) is 5.03. The third kappa shape index (κ3) is 3.35. The molecule has 5 nitrogen and oxygen atoms in total. The number of nitrogens with zero attached hydrogens (tertiary/aromatic N) is 2. The van der Waals surface area contributed by atoms with Gasteiger partial charge in [0.1, 0.15) is 5.76 Å². The van der Waals surface area contributed by atoms with Crippen LogP contribution >= 0.6 is 0 Å². The normalized spacial score (nSPS) is 20.6. The molecule has 0 radical (unpaired) electrons. The van der Waals surface area contributed by atoms with Crippen LogP contribution in [0, 0.1) is 5.41 Å². The molecule has 5 heteroatoms. The summed E-state index contributed by atoms with van der Waals surface area (Å²) in [4.78, 5) is 12.2. The van der Waals surface area contributed by atoms with Gasteiger partial charge in [0.25, 0.3) is 5.91 Å². The van der Waals surface area contributed by atoms with E-state index in [0.717, 1.165) is 25.0 Å². The zero-order chi connectivity index (χ0) is 14.9. The van der Waals surface area contributed by atoms with E-state index >= 15 is 0 Å². The van der Waals surface area contributed by atoms with E-state index in [1.165, 1.54) is 0 Å². The fourth-order valence-corrected chi connectivity index (χ4v) is 2.95. The van der Waals surface area contributed by atoms with Crippen molar-refractivity contribution in [2.45, 2.75) is 45.7 Å². The van der Waals surface area contributed by atoms with Crippen molar-refractivity contribution in [3.63, 3.8) is 0 Å². The third-order valence-electron chi connectivity index (χ3n) is 4.07. The van der Waals surface area contributed by atoms with Gasteiger partial charge in [0.2, 0.25) is 0 Å². The Morgan fingerprint density at radius 2 is 2.38 bits per heavy atom. The highest BCUT2D eigenvalue weighted by molar-refractivity contribution is 5.91. The Kier molecular flexibility index (Phi) is 3.57. The number of aromatic nitrogens is 2. The van der Waals surface area contributed by atoms with E-state index in [2.05, 4.69) is 24.3 Å². The minimum absolute atomic E-state index is 0.121. The fourth-order valence-electron chi connectivity index (χ4n) is 2.95. The summed E-state index contributed by atoms with van der Waals surface area (Å²) in [5, 5.41) is 7.19. The molecule has 1 N–H and O–H groups in total. The minimum atomic E-state index is -0.121. The van der Waals surface area contributed by atoms with Crippen LogP contribution in [-0.2, 0) is 6.54 Å². The molecule has 1 aliphatic rings. The van der Waals surface area contributed by atoms with Gasteiger partial charge >= 0.3 is 0 Å². The summed E-state index contributed by atoms with van der Waals surface area (Å²) in [6.07, 6.45) is 6.81. The molecule has 3 rings (SSSR count). The van der Waals surface area contributed by atoms with Gasteiger partial charge in [0, 0.05) is 18.4 Å². The van der Waals surface area contributed by atoms with Crippen LogP contribution in [0.1, 0.15) is 49.4 Å². The van der Waals surface area contributed by atoms with Gasteiger partial charge < -0.3 is 9.73 Å².